The average Bonchev–Trinajstić information content (AvgIpc) is 2.84. The molecule has 1 atom stereocenters. The van der Waals surface area contributed by atoms with E-state index >= 15 is 0 Å². The van der Waals surface area contributed by atoms with E-state index < -0.39 is 18.5 Å². The summed E-state index contributed by atoms with van der Waals surface area (Å²) in [6.07, 6.45) is -0.448. The third-order valence-electron chi connectivity index (χ3n) is 3.77. The van der Waals surface area contributed by atoms with Crippen LogP contribution in [0.15, 0.2) is 24.3 Å². The highest BCUT2D eigenvalue weighted by Crippen LogP contribution is 2.28. The zero-order valence-corrected chi connectivity index (χ0v) is 12.3. The van der Waals surface area contributed by atoms with Gasteiger partial charge in [-0.25, -0.2) is 4.68 Å². The van der Waals surface area contributed by atoms with Crippen LogP contribution in [0.25, 0.3) is 17.0 Å². The molecule has 0 N–H and O–H groups in total. The second-order valence-electron chi connectivity index (χ2n) is 5.55. The summed E-state index contributed by atoms with van der Waals surface area (Å²) in [6.45, 7) is 0.617. The molecule has 3 nitrogen and oxygen atoms in total. The fraction of sp³-hybridized carbons (Fsp3) is 0.438. The Balaban J connectivity index is 1.87. The van der Waals surface area contributed by atoms with Gasteiger partial charge in [0.25, 0.3) is 0 Å². The lowest BCUT2D eigenvalue weighted by molar-refractivity contribution is -0.124. The SMILES string of the molecule is Fc1nn(C2CCCCO2)c2ccc(/C=C/CC(F)(F)F)cc12. The van der Waals surface area contributed by atoms with Crippen LogP contribution in [-0.4, -0.2) is 22.6 Å². The highest BCUT2D eigenvalue weighted by molar-refractivity contribution is 5.82. The lowest BCUT2D eigenvalue weighted by Gasteiger charge is -2.23. The molecule has 0 bridgehead atoms. The maximum Gasteiger partial charge on any atom is 0.392 e. The highest BCUT2D eigenvalue weighted by atomic mass is 19.4. The fourth-order valence-electron chi connectivity index (χ4n) is 2.69. The molecule has 0 amide bonds. The molecule has 1 saturated heterocycles. The molecule has 0 aliphatic carbocycles. The third kappa shape index (κ3) is 3.72. The molecular weight excluding hydrogens is 312 g/mol. The standard InChI is InChI=1S/C16H16F4N2O/c17-15-12-10-11(4-3-8-16(18,19)20)6-7-13(12)22(21-15)14-5-1-2-9-23-14/h3-4,6-7,10,14H,1-2,5,8-9H2/b4-3+. The first-order valence-electron chi connectivity index (χ1n) is 7.47. The van der Waals surface area contributed by atoms with Gasteiger partial charge in [0.1, 0.15) is 0 Å². The van der Waals surface area contributed by atoms with Crippen LogP contribution >= 0.6 is 0 Å². The summed E-state index contributed by atoms with van der Waals surface area (Å²) in [5.74, 6) is -0.639. The number of fused-ring (bicyclic) bond motifs is 1. The summed E-state index contributed by atoms with van der Waals surface area (Å²) < 4.78 is 57.6. The van der Waals surface area contributed by atoms with Crippen molar-refractivity contribution in [2.24, 2.45) is 0 Å². The minimum Gasteiger partial charge on any atom is -0.356 e. The Hall–Kier alpha value is -1.89. The first-order valence-corrected chi connectivity index (χ1v) is 7.47. The number of allylic oxidation sites excluding steroid dienone is 1. The summed E-state index contributed by atoms with van der Waals surface area (Å²) in [6, 6.07) is 4.82. The summed E-state index contributed by atoms with van der Waals surface area (Å²) in [5, 5.41) is 4.18. The van der Waals surface area contributed by atoms with Crippen LogP contribution in [0.4, 0.5) is 17.6 Å². The summed E-state index contributed by atoms with van der Waals surface area (Å²) in [7, 11) is 0. The number of alkyl halides is 3. The van der Waals surface area contributed by atoms with E-state index in [9.17, 15) is 17.6 Å². The number of ether oxygens (including phenoxy) is 1. The summed E-state index contributed by atoms with van der Waals surface area (Å²) in [4.78, 5) is 0. The molecule has 1 aromatic carbocycles. The molecule has 1 unspecified atom stereocenters. The van der Waals surface area contributed by atoms with Crippen LogP contribution in [0.2, 0.25) is 0 Å². The molecular formula is C16H16F4N2O. The first kappa shape index (κ1) is 16.0. The smallest absolute Gasteiger partial charge is 0.356 e. The molecule has 3 rings (SSSR count). The van der Waals surface area contributed by atoms with E-state index in [-0.39, 0.29) is 11.6 Å². The van der Waals surface area contributed by atoms with Crippen molar-refractivity contribution in [2.45, 2.75) is 38.1 Å². The Labute approximate surface area is 130 Å². The number of hydrogen-bond donors (Lipinski definition) is 0. The van der Waals surface area contributed by atoms with E-state index in [1.54, 1.807) is 12.1 Å². The summed E-state index contributed by atoms with van der Waals surface area (Å²) >= 11 is 0. The quantitative estimate of drug-likeness (QED) is 0.754. The van der Waals surface area contributed by atoms with Gasteiger partial charge in [0.2, 0.25) is 5.95 Å². The predicted octanol–water partition coefficient (Wildman–Crippen LogP) is 4.84. The zero-order chi connectivity index (χ0) is 16.4. The second kappa shape index (κ2) is 6.31. The number of rotatable bonds is 3. The Morgan fingerprint density at radius 1 is 1.30 bits per heavy atom. The second-order valence-corrected chi connectivity index (χ2v) is 5.55. The molecule has 124 valence electrons. The van der Waals surface area contributed by atoms with Crippen LogP contribution in [0.3, 0.4) is 0 Å². The predicted molar refractivity (Wildman–Crippen MR) is 78.2 cm³/mol. The largest absolute Gasteiger partial charge is 0.392 e. The maximum absolute atomic E-state index is 14.1. The van der Waals surface area contributed by atoms with Crippen molar-refractivity contribution in [1.82, 2.24) is 9.78 Å². The molecule has 1 fully saturated rings. The van der Waals surface area contributed by atoms with E-state index in [1.165, 1.54) is 16.8 Å². The van der Waals surface area contributed by atoms with E-state index in [4.69, 9.17) is 4.74 Å². The lowest BCUT2D eigenvalue weighted by atomic mass is 10.1. The van der Waals surface area contributed by atoms with Crippen molar-refractivity contribution in [3.8, 4) is 0 Å². The van der Waals surface area contributed by atoms with Gasteiger partial charge in [0.15, 0.2) is 6.23 Å². The topological polar surface area (TPSA) is 27.1 Å². The molecule has 0 saturated carbocycles. The molecule has 0 spiro atoms. The molecule has 7 heteroatoms. The Kier molecular flexibility index (Phi) is 4.39. The van der Waals surface area contributed by atoms with Crippen molar-refractivity contribution < 1.29 is 22.3 Å². The number of nitrogens with zero attached hydrogens (tertiary/aromatic N) is 2. The monoisotopic (exact) mass is 328 g/mol. The summed E-state index contributed by atoms with van der Waals surface area (Å²) in [5.41, 5.74) is 1.09. The van der Waals surface area contributed by atoms with Gasteiger partial charge in [-0.15, -0.1) is 5.10 Å². The van der Waals surface area contributed by atoms with Gasteiger partial charge in [-0.2, -0.15) is 17.6 Å². The highest BCUT2D eigenvalue weighted by Gasteiger charge is 2.24. The van der Waals surface area contributed by atoms with E-state index in [1.807, 2.05) is 0 Å². The third-order valence-corrected chi connectivity index (χ3v) is 3.77. The van der Waals surface area contributed by atoms with Crippen LogP contribution in [0, 0.1) is 5.95 Å². The molecule has 23 heavy (non-hydrogen) atoms. The Morgan fingerprint density at radius 2 is 2.13 bits per heavy atom. The Morgan fingerprint density at radius 3 is 2.83 bits per heavy atom. The van der Waals surface area contributed by atoms with Crippen molar-refractivity contribution in [3.63, 3.8) is 0 Å². The number of hydrogen-bond acceptors (Lipinski definition) is 2. The van der Waals surface area contributed by atoms with Gasteiger partial charge in [-0.3, -0.25) is 0 Å². The number of benzene rings is 1. The van der Waals surface area contributed by atoms with Crippen LogP contribution in [0.5, 0.6) is 0 Å². The van der Waals surface area contributed by atoms with Gasteiger partial charge < -0.3 is 4.74 Å². The maximum atomic E-state index is 14.1. The molecule has 1 aliphatic rings. The van der Waals surface area contributed by atoms with E-state index in [2.05, 4.69) is 5.10 Å². The van der Waals surface area contributed by atoms with Crippen LogP contribution in [-0.2, 0) is 4.74 Å². The number of halogens is 4. The van der Waals surface area contributed by atoms with Gasteiger partial charge in [0.05, 0.1) is 17.3 Å². The Bertz CT molecular complexity index is 715. The van der Waals surface area contributed by atoms with E-state index in [0.29, 0.717) is 17.7 Å². The molecule has 2 heterocycles. The lowest BCUT2D eigenvalue weighted by Crippen LogP contribution is -2.19. The van der Waals surface area contributed by atoms with Crippen molar-refractivity contribution in [3.05, 3.63) is 35.8 Å². The minimum absolute atomic E-state index is 0.285. The molecule has 1 aliphatic heterocycles. The van der Waals surface area contributed by atoms with Crippen molar-refractivity contribution >= 4 is 17.0 Å². The molecule has 2 aromatic rings. The van der Waals surface area contributed by atoms with Gasteiger partial charge in [-0.1, -0.05) is 18.2 Å². The van der Waals surface area contributed by atoms with Crippen molar-refractivity contribution in [1.29, 1.82) is 0 Å². The number of aromatic nitrogens is 2. The zero-order valence-electron chi connectivity index (χ0n) is 12.3. The van der Waals surface area contributed by atoms with Gasteiger partial charge in [-0.05, 0) is 37.0 Å². The first-order chi connectivity index (χ1) is 10.9. The van der Waals surface area contributed by atoms with Crippen LogP contribution in [0.1, 0.15) is 37.5 Å². The van der Waals surface area contributed by atoms with Crippen LogP contribution < -0.4 is 0 Å². The van der Waals surface area contributed by atoms with Gasteiger partial charge in [0, 0.05) is 6.61 Å². The van der Waals surface area contributed by atoms with E-state index in [0.717, 1.165) is 25.3 Å². The molecule has 1 aromatic heterocycles. The van der Waals surface area contributed by atoms with Crippen molar-refractivity contribution in [2.75, 3.05) is 6.61 Å². The van der Waals surface area contributed by atoms with Gasteiger partial charge >= 0.3 is 6.18 Å². The fourth-order valence-corrected chi connectivity index (χ4v) is 2.69. The minimum atomic E-state index is -4.24. The average molecular weight is 328 g/mol. The molecule has 0 radical (unpaired) electrons. The normalized spacial score (nSPS) is 19.7.